The van der Waals surface area contributed by atoms with Crippen molar-refractivity contribution in [1.82, 2.24) is 19.8 Å². The second-order valence-electron chi connectivity index (χ2n) is 10.0. The molecule has 2 aliphatic heterocycles. The highest BCUT2D eigenvalue weighted by Gasteiger charge is 2.27. The van der Waals surface area contributed by atoms with Crippen LogP contribution < -0.4 is 10.4 Å². The lowest BCUT2D eigenvalue weighted by atomic mass is 10.00. The third kappa shape index (κ3) is 6.02. The number of ether oxygens (including phenoxy) is 1. The van der Waals surface area contributed by atoms with E-state index in [1.807, 2.05) is 29.2 Å². The number of aromatic hydroxyl groups is 1. The molecule has 8 heteroatoms. The Morgan fingerprint density at radius 2 is 1.81 bits per heavy atom. The van der Waals surface area contributed by atoms with Crippen LogP contribution in [0, 0.1) is 6.92 Å². The summed E-state index contributed by atoms with van der Waals surface area (Å²) < 4.78 is 5.86. The maximum Gasteiger partial charge on any atom is 0.345 e. The molecule has 2 fully saturated rings. The minimum Gasteiger partial charge on any atom is -0.508 e. The number of phenolic OH excluding ortho intramolecular Hbond substituents is 1. The average molecular weight is 503 g/mol. The van der Waals surface area contributed by atoms with Crippen molar-refractivity contribution in [1.29, 1.82) is 0 Å². The number of hydrogen-bond acceptors (Lipinski definition) is 6. The summed E-state index contributed by atoms with van der Waals surface area (Å²) in [6, 6.07) is 14.8. The number of phenols is 1. The number of likely N-dealkylation sites (tertiary alicyclic amines) is 2. The van der Waals surface area contributed by atoms with Crippen molar-refractivity contribution in [3.05, 3.63) is 64.6 Å². The van der Waals surface area contributed by atoms with E-state index in [0.717, 1.165) is 37.1 Å². The molecule has 0 radical (unpaired) electrons. The normalized spacial score (nSPS) is 17.1. The van der Waals surface area contributed by atoms with Crippen LogP contribution in [-0.4, -0.2) is 69.6 Å². The number of carbonyl (C=O) groups is 1. The van der Waals surface area contributed by atoms with Gasteiger partial charge in [0.05, 0.1) is 11.4 Å². The fraction of sp³-hybridized carbons (Fsp3) is 0.414. The van der Waals surface area contributed by atoms with Gasteiger partial charge in [-0.1, -0.05) is 18.6 Å². The highest BCUT2D eigenvalue weighted by Crippen LogP contribution is 2.27. The number of amides is 1. The highest BCUT2D eigenvalue weighted by molar-refractivity contribution is 5.78. The van der Waals surface area contributed by atoms with Gasteiger partial charge in [-0.3, -0.25) is 4.79 Å². The summed E-state index contributed by atoms with van der Waals surface area (Å²) in [7, 11) is 0. The molecule has 2 aromatic carbocycles. The zero-order chi connectivity index (χ0) is 25.8. The molecule has 0 unspecified atom stereocenters. The van der Waals surface area contributed by atoms with Crippen LogP contribution in [0.15, 0.2) is 53.3 Å². The Labute approximate surface area is 216 Å². The van der Waals surface area contributed by atoms with E-state index in [-0.39, 0.29) is 18.3 Å². The van der Waals surface area contributed by atoms with Crippen LogP contribution in [-0.2, 0) is 4.79 Å². The predicted molar refractivity (Wildman–Crippen MR) is 143 cm³/mol. The minimum absolute atomic E-state index is 0.00445. The summed E-state index contributed by atoms with van der Waals surface area (Å²) in [6.45, 7) is 5.73. The molecule has 2 N–H and O–H groups in total. The zero-order valence-electron chi connectivity index (χ0n) is 21.3. The summed E-state index contributed by atoms with van der Waals surface area (Å²) in [6.07, 6.45) is 5.97. The maximum atomic E-state index is 12.8. The van der Waals surface area contributed by atoms with Gasteiger partial charge in [0.1, 0.15) is 11.5 Å². The van der Waals surface area contributed by atoms with Gasteiger partial charge in [-0.15, -0.1) is 0 Å². The van der Waals surface area contributed by atoms with Crippen molar-refractivity contribution in [2.75, 3.05) is 32.8 Å². The number of aromatic nitrogens is 2. The largest absolute Gasteiger partial charge is 0.508 e. The standard InChI is InChI=1S/C29H34N4O4/c1-20-16-22(8-9-27(20)34)26-18-25(30-29(36)31-26)21-6-5-7-24(17-21)37-19-28(35)33-14-10-23(11-15-33)32-12-3-2-4-13-32/h5-9,16-18,23,34H,2-4,10-15,19H2,1H3,(H,30,31,36). The van der Waals surface area contributed by atoms with Gasteiger partial charge in [-0.25, -0.2) is 4.79 Å². The van der Waals surface area contributed by atoms with Crippen LogP contribution in [0.5, 0.6) is 11.5 Å². The van der Waals surface area contributed by atoms with Crippen molar-refractivity contribution in [2.45, 2.75) is 45.1 Å². The van der Waals surface area contributed by atoms with Crippen LogP contribution in [0.4, 0.5) is 0 Å². The predicted octanol–water partition coefficient (Wildman–Crippen LogP) is 3.97. The molecule has 5 rings (SSSR count). The van der Waals surface area contributed by atoms with Gasteiger partial charge >= 0.3 is 5.69 Å². The lowest BCUT2D eigenvalue weighted by Crippen LogP contribution is -2.49. The SMILES string of the molecule is Cc1cc(-c2cc(-c3cccc(OCC(=O)N4CCC(N5CCCCC5)CC4)c3)[nH]c(=O)n2)ccc1O. The Morgan fingerprint density at radius 1 is 1.03 bits per heavy atom. The fourth-order valence-corrected chi connectivity index (χ4v) is 5.33. The number of aryl methyl sites for hydroxylation is 1. The van der Waals surface area contributed by atoms with E-state index >= 15 is 0 Å². The molecule has 37 heavy (non-hydrogen) atoms. The van der Waals surface area contributed by atoms with Gasteiger partial charge in [-0.05, 0) is 87.7 Å². The quantitative estimate of drug-likeness (QED) is 0.529. The second-order valence-corrected chi connectivity index (χ2v) is 10.0. The van der Waals surface area contributed by atoms with Crippen LogP contribution in [0.25, 0.3) is 22.5 Å². The first kappa shape index (κ1) is 25.0. The molecule has 3 heterocycles. The first-order chi connectivity index (χ1) is 18.0. The van der Waals surface area contributed by atoms with Gasteiger partial charge < -0.3 is 24.6 Å². The van der Waals surface area contributed by atoms with Gasteiger partial charge in [0, 0.05) is 30.3 Å². The first-order valence-electron chi connectivity index (χ1n) is 13.1. The van der Waals surface area contributed by atoms with E-state index in [0.29, 0.717) is 28.7 Å². The third-order valence-electron chi connectivity index (χ3n) is 7.47. The van der Waals surface area contributed by atoms with Gasteiger partial charge in [0.15, 0.2) is 6.61 Å². The Hall–Kier alpha value is -3.65. The van der Waals surface area contributed by atoms with Gasteiger partial charge in [-0.2, -0.15) is 4.98 Å². The summed E-state index contributed by atoms with van der Waals surface area (Å²) >= 11 is 0. The Morgan fingerprint density at radius 3 is 2.57 bits per heavy atom. The van der Waals surface area contributed by atoms with Crippen LogP contribution in [0.1, 0.15) is 37.7 Å². The van der Waals surface area contributed by atoms with E-state index in [1.165, 1.54) is 32.4 Å². The molecule has 2 saturated heterocycles. The average Bonchev–Trinajstić information content (AvgIpc) is 2.93. The molecule has 0 bridgehead atoms. The molecule has 0 aliphatic carbocycles. The minimum atomic E-state index is -0.465. The number of nitrogens with one attached hydrogen (secondary N) is 1. The molecule has 0 saturated carbocycles. The zero-order valence-corrected chi connectivity index (χ0v) is 21.3. The van der Waals surface area contributed by atoms with E-state index in [2.05, 4.69) is 14.9 Å². The number of nitrogens with zero attached hydrogens (tertiary/aromatic N) is 3. The number of carbonyl (C=O) groups excluding carboxylic acids is 1. The molecule has 1 amide bonds. The first-order valence-corrected chi connectivity index (χ1v) is 13.1. The Bertz CT molecular complexity index is 1310. The van der Waals surface area contributed by atoms with E-state index in [9.17, 15) is 14.7 Å². The monoisotopic (exact) mass is 502 g/mol. The van der Waals surface area contributed by atoms with E-state index < -0.39 is 5.69 Å². The molecule has 194 valence electrons. The van der Waals surface area contributed by atoms with Crippen LogP contribution in [0.3, 0.4) is 0 Å². The van der Waals surface area contributed by atoms with Crippen molar-refractivity contribution >= 4 is 5.91 Å². The maximum absolute atomic E-state index is 12.8. The lowest BCUT2D eigenvalue weighted by Gasteiger charge is -2.40. The van der Waals surface area contributed by atoms with Crippen molar-refractivity contribution < 1.29 is 14.6 Å². The topological polar surface area (TPSA) is 98.8 Å². The van der Waals surface area contributed by atoms with Gasteiger partial charge in [0.2, 0.25) is 0 Å². The number of hydrogen-bond donors (Lipinski definition) is 2. The number of H-pyrrole nitrogens is 1. The van der Waals surface area contributed by atoms with E-state index in [4.69, 9.17) is 4.74 Å². The molecule has 2 aliphatic rings. The summed E-state index contributed by atoms with van der Waals surface area (Å²) in [5.74, 6) is 0.762. The van der Waals surface area contributed by atoms with E-state index in [1.54, 1.807) is 31.2 Å². The third-order valence-corrected chi connectivity index (χ3v) is 7.47. The Kier molecular flexibility index (Phi) is 7.55. The molecule has 3 aromatic rings. The molecule has 0 atom stereocenters. The van der Waals surface area contributed by atoms with Gasteiger partial charge in [0.25, 0.3) is 5.91 Å². The molecular formula is C29H34N4O4. The number of piperidine rings is 2. The van der Waals surface area contributed by atoms with Crippen molar-refractivity contribution in [3.63, 3.8) is 0 Å². The summed E-state index contributed by atoms with van der Waals surface area (Å²) in [5, 5.41) is 9.82. The second kappa shape index (κ2) is 11.2. The highest BCUT2D eigenvalue weighted by atomic mass is 16.5. The molecular weight excluding hydrogens is 468 g/mol. The lowest BCUT2D eigenvalue weighted by molar-refractivity contribution is -0.135. The van der Waals surface area contributed by atoms with Crippen molar-refractivity contribution in [2.24, 2.45) is 0 Å². The van der Waals surface area contributed by atoms with Crippen molar-refractivity contribution in [3.8, 4) is 34.0 Å². The number of benzene rings is 2. The number of aromatic amines is 1. The molecule has 8 nitrogen and oxygen atoms in total. The molecule has 0 spiro atoms. The Balaban J connectivity index is 1.22. The van der Waals surface area contributed by atoms with Crippen LogP contribution >= 0.6 is 0 Å². The summed E-state index contributed by atoms with van der Waals surface area (Å²) in [4.78, 5) is 36.5. The molecule has 1 aromatic heterocycles. The van der Waals surface area contributed by atoms with Crippen LogP contribution in [0.2, 0.25) is 0 Å². The summed E-state index contributed by atoms with van der Waals surface area (Å²) in [5.41, 5.74) is 2.84. The smallest absolute Gasteiger partial charge is 0.345 e. The number of rotatable bonds is 6. The fourth-order valence-electron chi connectivity index (χ4n) is 5.33.